The molecule has 0 aromatic carbocycles. The zero-order chi connectivity index (χ0) is 13.2. The summed E-state index contributed by atoms with van der Waals surface area (Å²) in [4.78, 5) is 23.9. The predicted molar refractivity (Wildman–Crippen MR) is 64.8 cm³/mol. The Morgan fingerprint density at radius 3 is 2.56 bits per heavy atom. The maximum atomic E-state index is 12.1. The Labute approximate surface area is 107 Å². The second-order valence-electron chi connectivity index (χ2n) is 5.06. The summed E-state index contributed by atoms with van der Waals surface area (Å²) in [7, 11) is 1.39. The van der Waals surface area contributed by atoms with Gasteiger partial charge in [-0.2, -0.15) is 0 Å². The highest BCUT2D eigenvalue weighted by atomic mass is 16.5. The van der Waals surface area contributed by atoms with E-state index in [2.05, 4.69) is 5.32 Å². The van der Waals surface area contributed by atoms with E-state index in [4.69, 9.17) is 9.47 Å². The number of nitrogens with one attached hydrogen (secondary N) is 1. The van der Waals surface area contributed by atoms with Gasteiger partial charge < -0.3 is 14.8 Å². The molecule has 1 saturated heterocycles. The van der Waals surface area contributed by atoms with E-state index in [1.165, 1.54) is 7.11 Å². The minimum atomic E-state index is -0.608. The maximum absolute atomic E-state index is 12.1. The number of methoxy groups -OCH3 is 1. The van der Waals surface area contributed by atoms with E-state index < -0.39 is 5.41 Å². The molecule has 2 unspecified atom stereocenters. The van der Waals surface area contributed by atoms with Gasteiger partial charge in [0.25, 0.3) is 0 Å². The zero-order valence-corrected chi connectivity index (χ0v) is 11.0. The monoisotopic (exact) mass is 255 g/mol. The van der Waals surface area contributed by atoms with Crippen LogP contribution < -0.4 is 5.32 Å². The smallest absolute Gasteiger partial charge is 0.312 e. The van der Waals surface area contributed by atoms with E-state index in [1.807, 2.05) is 0 Å². The van der Waals surface area contributed by atoms with Crippen LogP contribution in [0.15, 0.2) is 0 Å². The number of carbonyl (C=O) groups excluding carboxylic acids is 2. The fraction of sp³-hybridized carbons (Fsp3) is 0.846. The second-order valence-corrected chi connectivity index (χ2v) is 5.06. The molecule has 2 fully saturated rings. The molecule has 102 valence electrons. The highest BCUT2D eigenvalue weighted by molar-refractivity contribution is 5.91. The molecule has 2 rings (SSSR count). The Balaban J connectivity index is 2.11. The van der Waals surface area contributed by atoms with Crippen LogP contribution in [-0.4, -0.2) is 38.7 Å². The molecule has 1 aliphatic carbocycles. The molecule has 2 aliphatic rings. The molecule has 18 heavy (non-hydrogen) atoms. The van der Waals surface area contributed by atoms with Crippen molar-refractivity contribution >= 4 is 11.9 Å². The van der Waals surface area contributed by atoms with E-state index >= 15 is 0 Å². The molecule has 2 atom stereocenters. The lowest BCUT2D eigenvalue weighted by molar-refractivity contribution is -0.156. The SMILES string of the molecule is CCOC(=O)C1CC1(C(=O)OC)C1CCNCC1. The molecule has 1 heterocycles. The quantitative estimate of drug-likeness (QED) is 0.750. The number of esters is 2. The Morgan fingerprint density at radius 2 is 2.00 bits per heavy atom. The van der Waals surface area contributed by atoms with Crippen LogP contribution in [0, 0.1) is 17.3 Å². The maximum Gasteiger partial charge on any atom is 0.312 e. The van der Waals surface area contributed by atoms with Crippen LogP contribution in [-0.2, 0) is 19.1 Å². The van der Waals surface area contributed by atoms with Gasteiger partial charge in [-0.3, -0.25) is 9.59 Å². The molecule has 1 aliphatic heterocycles. The Kier molecular flexibility index (Phi) is 3.90. The minimum Gasteiger partial charge on any atom is -0.469 e. The molecular weight excluding hydrogens is 234 g/mol. The minimum absolute atomic E-state index is 0.237. The van der Waals surface area contributed by atoms with Gasteiger partial charge in [0.15, 0.2) is 0 Å². The normalized spacial score (nSPS) is 31.8. The van der Waals surface area contributed by atoms with E-state index in [9.17, 15) is 9.59 Å². The lowest BCUT2D eigenvalue weighted by Gasteiger charge is -2.29. The zero-order valence-electron chi connectivity index (χ0n) is 11.0. The van der Waals surface area contributed by atoms with Crippen LogP contribution >= 0.6 is 0 Å². The van der Waals surface area contributed by atoms with Crippen LogP contribution in [0.5, 0.6) is 0 Å². The molecule has 0 amide bonds. The third-order valence-corrected chi connectivity index (χ3v) is 4.21. The van der Waals surface area contributed by atoms with Crippen molar-refractivity contribution in [1.82, 2.24) is 5.32 Å². The molecule has 5 heteroatoms. The van der Waals surface area contributed by atoms with Crippen molar-refractivity contribution < 1.29 is 19.1 Å². The number of carbonyl (C=O) groups is 2. The first-order valence-corrected chi connectivity index (χ1v) is 6.62. The number of hydrogen-bond donors (Lipinski definition) is 1. The molecule has 5 nitrogen and oxygen atoms in total. The first kappa shape index (κ1) is 13.3. The lowest BCUT2D eigenvalue weighted by Crippen LogP contribution is -2.38. The standard InChI is InChI=1S/C13H21NO4/c1-3-18-11(15)10-8-13(10,12(16)17-2)9-4-6-14-7-5-9/h9-10,14H,3-8H2,1-2H3. The summed E-state index contributed by atoms with van der Waals surface area (Å²) in [6, 6.07) is 0. The van der Waals surface area contributed by atoms with Gasteiger partial charge in [0, 0.05) is 0 Å². The molecular formula is C13H21NO4. The fourth-order valence-corrected chi connectivity index (χ4v) is 3.19. The van der Waals surface area contributed by atoms with Gasteiger partial charge in [-0.25, -0.2) is 0 Å². The van der Waals surface area contributed by atoms with Crippen molar-refractivity contribution in [3.8, 4) is 0 Å². The van der Waals surface area contributed by atoms with Gasteiger partial charge in [0.2, 0.25) is 0 Å². The van der Waals surface area contributed by atoms with Crippen molar-refractivity contribution in [3.63, 3.8) is 0 Å². The highest BCUT2D eigenvalue weighted by Gasteiger charge is 2.68. The Bertz CT molecular complexity index is 338. The Morgan fingerprint density at radius 1 is 1.33 bits per heavy atom. The van der Waals surface area contributed by atoms with Crippen LogP contribution in [0.25, 0.3) is 0 Å². The van der Waals surface area contributed by atoms with Gasteiger partial charge in [0.05, 0.1) is 25.0 Å². The summed E-state index contributed by atoms with van der Waals surface area (Å²) in [5.74, 6) is -0.553. The number of rotatable bonds is 4. The van der Waals surface area contributed by atoms with Crippen LogP contribution in [0.4, 0.5) is 0 Å². The average molecular weight is 255 g/mol. The number of piperidine rings is 1. The van der Waals surface area contributed by atoms with Crippen molar-refractivity contribution in [2.24, 2.45) is 17.3 Å². The molecule has 0 aromatic heterocycles. The van der Waals surface area contributed by atoms with Crippen molar-refractivity contribution in [2.75, 3.05) is 26.8 Å². The summed E-state index contributed by atoms with van der Waals surface area (Å²) in [6.45, 7) is 3.95. The fourth-order valence-electron chi connectivity index (χ4n) is 3.19. The molecule has 0 radical (unpaired) electrons. The summed E-state index contributed by atoms with van der Waals surface area (Å²) in [5.41, 5.74) is -0.608. The molecule has 1 N–H and O–H groups in total. The van der Waals surface area contributed by atoms with Gasteiger partial charge >= 0.3 is 11.9 Å². The van der Waals surface area contributed by atoms with E-state index in [1.54, 1.807) is 6.92 Å². The summed E-state index contributed by atoms with van der Waals surface area (Å²) >= 11 is 0. The van der Waals surface area contributed by atoms with Crippen molar-refractivity contribution in [1.29, 1.82) is 0 Å². The average Bonchev–Trinajstić information content (AvgIpc) is 3.16. The first-order valence-electron chi connectivity index (χ1n) is 6.62. The Hall–Kier alpha value is -1.10. The van der Waals surface area contributed by atoms with Crippen molar-refractivity contribution in [2.45, 2.75) is 26.2 Å². The lowest BCUT2D eigenvalue weighted by atomic mass is 9.80. The van der Waals surface area contributed by atoms with Gasteiger partial charge in [0.1, 0.15) is 0 Å². The van der Waals surface area contributed by atoms with E-state index in [0.717, 1.165) is 25.9 Å². The molecule has 0 bridgehead atoms. The third kappa shape index (κ3) is 2.11. The highest BCUT2D eigenvalue weighted by Crippen LogP contribution is 2.61. The topological polar surface area (TPSA) is 64.6 Å². The molecule has 0 spiro atoms. The number of hydrogen-bond acceptors (Lipinski definition) is 5. The summed E-state index contributed by atoms with van der Waals surface area (Å²) in [5, 5.41) is 3.27. The van der Waals surface area contributed by atoms with Crippen molar-refractivity contribution in [3.05, 3.63) is 0 Å². The third-order valence-electron chi connectivity index (χ3n) is 4.21. The molecule has 1 saturated carbocycles. The van der Waals surface area contributed by atoms with Gasteiger partial charge in [-0.15, -0.1) is 0 Å². The predicted octanol–water partition coefficient (Wildman–Crippen LogP) is 0.728. The summed E-state index contributed by atoms with van der Waals surface area (Å²) < 4.78 is 9.97. The largest absolute Gasteiger partial charge is 0.469 e. The van der Waals surface area contributed by atoms with Crippen LogP contribution in [0.1, 0.15) is 26.2 Å². The van der Waals surface area contributed by atoms with E-state index in [-0.39, 0.29) is 23.8 Å². The summed E-state index contributed by atoms with van der Waals surface area (Å²) in [6.07, 6.45) is 2.43. The molecule has 0 aromatic rings. The second kappa shape index (κ2) is 5.26. The van der Waals surface area contributed by atoms with Crippen LogP contribution in [0.2, 0.25) is 0 Å². The van der Waals surface area contributed by atoms with Gasteiger partial charge in [-0.1, -0.05) is 0 Å². The van der Waals surface area contributed by atoms with E-state index in [0.29, 0.717) is 13.0 Å². The number of ether oxygens (including phenoxy) is 2. The van der Waals surface area contributed by atoms with Gasteiger partial charge in [-0.05, 0) is 45.2 Å². The van der Waals surface area contributed by atoms with Crippen LogP contribution in [0.3, 0.4) is 0 Å². The first-order chi connectivity index (χ1) is 8.66.